The van der Waals surface area contributed by atoms with Crippen LogP contribution in [0.15, 0.2) is 52.1 Å². The van der Waals surface area contributed by atoms with Crippen LogP contribution in [0.5, 0.6) is 11.5 Å². The lowest BCUT2D eigenvalue weighted by Crippen LogP contribution is -2.26. The Morgan fingerprint density at radius 3 is 2.77 bits per heavy atom. The van der Waals surface area contributed by atoms with Crippen LogP contribution in [0.1, 0.15) is 18.4 Å². The van der Waals surface area contributed by atoms with Crippen LogP contribution in [-0.2, 0) is 17.9 Å². The number of hydrogen-bond acceptors (Lipinski definition) is 6. The van der Waals surface area contributed by atoms with Crippen molar-refractivity contribution >= 4 is 22.5 Å². The molecule has 156 valence electrons. The Kier molecular flexibility index (Phi) is 5.42. The lowest BCUT2D eigenvalue weighted by atomic mass is 10.2. The number of aryl methyl sites for hydroxylation is 1. The van der Waals surface area contributed by atoms with Gasteiger partial charge in [0.2, 0.25) is 5.91 Å². The molecule has 3 aromatic heterocycles. The van der Waals surface area contributed by atoms with Crippen LogP contribution in [0, 0.1) is 0 Å². The second kappa shape index (κ2) is 8.32. The lowest BCUT2D eigenvalue weighted by molar-refractivity contribution is -0.121. The molecule has 0 atom stereocenters. The molecule has 0 unspecified atom stereocenters. The number of nitrogens with one attached hydrogen (secondary N) is 1. The Balaban J connectivity index is 1.32. The maximum atomic E-state index is 12.6. The van der Waals surface area contributed by atoms with Crippen molar-refractivity contribution in [2.45, 2.75) is 25.9 Å². The summed E-state index contributed by atoms with van der Waals surface area (Å²) < 4.78 is 18.9. The van der Waals surface area contributed by atoms with E-state index in [-0.39, 0.29) is 17.9 Å². The molecular weight excluding hydrogens is 388 g/mol. The minimum absolute atomic E-state index is 0.0980. The number of carbonyl (C=O) groups is 1. The summed E-state index contributed by atoms with van der Waals surface area (Å²) in [5, 5.41) is 7.08. The van der Waals surface area contributed by atoms with Gasteiger partial charge in [0.05, 0.1) is 26.0 Å². The highest BCUT2D eigenvalue weighted by Crippen LogP contribution is 2.27. The van der Waals surface area contributed by atoms with Crippen molar-refractivity contribution in [3.63, 3.8) is 0 Å². The molecule has 0 aliphatic carbocycles. The van der Waals surface area contributed by atoms with E-state index in [1.54, 1.807) is 49.4 Å². The summed E-state index contributed by atoms with van der Waals surface area (Å²) in [5.41, 5.74) is 2.63. The smallest absolute Gasteiger partial charge is 0.291 e. The summed E-state index contributed by atoms with van der Waals surface area (Å²) in [4.78, 5) is 24.8. The van der Waals surface area contributed by atoms with Crippen molar-refractivity contribution in [3.8, 4) is 11.5 Å². The van der Waals surface area contributed by atoms with Crippen molar-refractivity contribution in [2.24, 2.45) is 0 Å². The van der Waals surface area contributed by atoms with E-state index < -0.39 is 0 Å². The molecule has 3 heterocycles. The molecule has 4 rings (SSSR count). The predicted octanol–water partition coefficient (Wildman–Crippen LogP) is 2.36. The summed E-state index contributed by atoms with van der Waals surface area (Å²) in [5.74, 6) is 1.15. The van der Waals surface area contributed by atoms with Gasteiger partial charge in [0, 0.05) is 31.6 Å². The molecule has 9 heteroatoms. The molecule has 1 N–H and O–H groups in total. The van der Waals surface area contributed by atoms with Crippen LogP contribution in [0.25, 0.3) is 16.6 Å². The van der Waals surface area contributed by atoms with Crippen LogP contribution in [0.4, 0.5) is 0 Å². The molecule has 0 bridgehead atoms. The molecule has 1 aromatic carbocycles. The number of methoxy groups -OCH3 is 2. The highest BCUT2D eigenvalue weighted by atomic mass is 16.5. The van der Waals surface area contributed by atoms with Gasteiger partial charge < -0.3 is 19.2 Å². The lowest BCUT2D eigenvalue weighted by Gasteiger charge is -2.10. The summed E-state index contributed by atoms with van der Waals surface area (Å²) in [7, 11) is 3.14. The number of hydrogen-bond donors (Lipinski definition) is 1. The van der Waals surface area contributed by atoms with E-state index in [9.17, 15) is 9.59 Å². The van der Waals surface area contributed by atoms with Crippen molar-refractivity contribution in [2.75, 3.05) is 14.2 Å². The highest BCUT2D eigenvalue weighted by Gasteiger charge is 2.11. The van der Waals surface area contributed by atoms with E-state index in [0.717, 1.165) is 11.1 Å². The molecule has 0 aliphatic rings. The van der Waals surface area contributed by atoms with E-state index in [2.05, 4.69) is 10.4 Å². The average molecular weight is 410 g/mol. The average Bonchev–Trinajstić information content (AvgIpc) is 3.35. The van der Waals surface area contributed by atoms with Gasteiger partial charge in [-0.3, -0.25) is 14.0 Å². The van der Waals surface area contributed by atoms with E-state index in [4.69, 9.17) is 13.9 Å². The number of furan rings is 1. The van der Waals surface area contributed by atoms with Crippen molar-refractivity contribution in [3.05, 3.63) is 58.8 Å². The summed E-state index contributed by atoms with van der Waals surface area (Å²) >= 11 is 0. The number of aromatic nitrogens is 3. The second-order valence-corrected chi connectivity index (χ2v) is 6.80. The van der Waals surface area contributed by atoms with Crippen LogP contribution in [0.3, 0.4) is 0 Å². The van der Waals surface area contributed by atoms with Gasteiger partial charge in [0.15, 0.2) is 17.1 Å². The van der Waals surface area contributed by atoms with E-state index in [0.29, 0.717) is 42.1 Å². The largest absolute Gasteiger partial charge is 0.493 e. The molecule has 0 fully saturated rings. The molecule has 0 radical (unpaired) electrons. The monoisotopic (exact) mass is 410 g/mol. The first kappa shape index (κ1) is 19.6. The molecule has 9 nitrogen and oxygen atoms in total. The Bertz CT molecular complexity index is 1250. The van der Waals surface area contributed by atoms with Gasteiger partial charge in [0.1, 0.15) is 11.8 Å². The Morgan fingerprint density at radius 1 is 1.13 bits per heavy atom. The SMILES string of the molecule is COc1ccc(CNC(=O)CCCn2ncn3c(cc4occc43)c2=O)cc1OC. The summed E-state index contributed by atoms with van der Waals surface area (Å²) in [6.45, 7) is 0.734. The molecule has 30 heavy (non-hydrogen) atoms. The molecule has 0 saturated heterocycles. The first-order chi connectivity index (χ1) is 14.6. The van der Waals surface area contributed by atoms with Gasteiger partial charge in [0.25, 0.3) is 5.56 Å². The van der Waals surface area contributed by atoms with E-state index in [1.165, 1.54) is 4.68 Å². The van der Waals surface area contributed by atoms with Gasteiger partial charge in [-0.2, -0.15) is 5.10 Å². The molecule has 1 amide bonds. The zero-order valence-electron chi connectivity index (χ0n) is 16.8. The summed E-state index contributed by atoms with van der Waals surface area (Å²) in [6.07, 6.45) is 3.95. The first-order valence-corrected chi connectivity index (χ1v) is 9.52. The van der Waals surface area contributed by atoms with Crippen molar-refractivity contribution in [1.82, 2.24) is 19.5 Å². The summed E-state index contributed by atoms with van der Waals surface area (Å²) in [6, 6.07) is 8.98. The number of ether oxygens (including phenoxy) is 2. The fraction of sp³-hybridized carbons (Fsp3) is 0.286. The van der Waals surface area contributed by atoms with Gasteiger partial charge >= 0.3 is 0 Å². The first-order valence-electron chi connectivity index (χ1n) is 9.52. The minimum Gasteiger partial charge on any atom is -0.493 e. The van der Waals surface area contributed by atoms with Gasteiger partial charge in [-0.15, -0.1) is 0 Å². The topological polar surface area (TPSA) is 100 Å². The Hall–Kier alpha value is -3.75. The maximum Gasteiger partial charge on any atom is 0.291 e. The number of fused-ring (bicyclic) bond motifs is 3. The van der Waals surface area contributed by atoms with Crippen molar-refractivity contribution in [1.29, 1.82) is 0 Å². The van der Waals surface area contributed by atoms with Crippen LogP contribution < -0.4 is 20.3 Å². The van der Waals surface area contributed by atoms with Gasteiger partial charge in [-0.25, -0.2) is 4.68 Å². The standard InChI is InChI=1S/C21H22N4O5/c1-28-17-6-5-14(10-19(17)29-2)12-22-20(26)4-3-8-25-21(27)16-11-18-15(7-9-30-18)24(16)13-23-25/h5-7,9-11,13H,3-4,8,12H2,1-2H3,(H,22,26). The minimum atomic E-state index is -0.213. The van der Waals surface area contributed by atoms with Crippen LogP contribution in [-0.4, -0.2) is 34.3 Å². The van der Waals surface area contributed by atoms with E-state index >= 15 is 0 Å². The third-order valence-electron chi connectivity index (χ3n) is 4.93. The molecular formula is C21H22N4O5. The molecule has 4 aromatic rings. The molecule has 0 saturated carbocycles. The van der Waals surface area contributed by atoms with Gasteiger partial charge in [-0.1, -0.05) is 6.07 Å². The third-order valence-corrected chi connectivity index (χ3v) is 4.93. The Labute approximate surface area is 171 Å². The number of benzene rings is 1. The van der Waals surface area contributed by atoms with Gasteiger partial charge in [-0.05, 0) is 24.1 Å². The number of carbonyl (C=O) groups excluding carboxylic acids is 1. The second-order valence-electron chi connectivity index (χ2n) is 6.80. The molecule has 0 spiro atoms. The maximum absolute atomic E-state index is 12.6. The fourth-order valence-electron chi connectivity index (χ4n) is 3.36. The highest BCUT2D eigenvalue weighted by molar-refractivity contribution is 5.81. The van der Waals surface area contributed by atoms with Crippen molar-refractivity contribution < 1.29 is 18.7 Å². The number of amides is 1. The Morgan fingerprint density at radius 2 is 1.97 bits per heavy atom. The zero-order chi connectivity index (χ0) is 21.1. The predicted molar refractivity (Wildman–Crippen MR) is 110 cm³/mol. The molecule has 0 aliphatic heterocycles. The quantitative estimate of drug-likeness (QED) is 0.479. The number of rotatable bonds is 8. The van der Waals surface area contributed by atoms with E-state index in [1.807, 2.05) is 12.1 Å². The fourth-order valence-corrected chi connectivity index (χ4v) is 3.36. The van der Waals surface area contributed by atoms with Crippen LogP contribution in [0.2, 0.25) is 0 Å². The zero-order valence-corrected chi connectivity index (χ0v) is 16.8. The number of nitrogens with zero attached hydrogens (tertiary/aromatic N) is 3. The van der Waals surface area contributed by atoms with Crippen LogP contribution >= 0.6 is 0 Å². The normalized spacial score (nSPS) is 11.1. The third kappa shape index (κ3) is 3.73.